The first kappa shape index (κ1) is 14.1. The molecule has 0 radical (unpaired) electrons. The third-order valence-electron chi connectivity index (χ3n) is 3.13. The molecule has 0 unspecified atom stereocenters. The largest absolute Gasteiger partial charge is 0.417 e. The second-order valence-corrected chi connectivity index (χ2v) is 4.63. The second-order valence-electron chi connectivity index (χ2n) is 4.63. The lowest BCUT2D eigenvalue weighted by molar-refractivity contribution is -0.137. The van der Waals surface area contributed by atoms with Crippen LogP contribution in [0.5, 0.6) is 0 Å². The summed E-state index contributed by atoms with van der Waals surface area (Å²) in [6.07, 6.45) is -4.52. The van der Waals surface area contributed by atoms with Gasteiger partial charge < -0.3 is 4.42 Å². The molecule has 2 aromatic carbocycles. The summed E-state index contributed by atoms with van der Waals surface area (Å²) in [6, 6.07) is 8.34. The summed E-state index contributed by atoms with van der Waals surface area (Å²) in [4.78, 5) is 25.7. The third-order valence-corrected chi connectivity index (χ3v) is 3.13. The SMILES string of the molecule is O=C(c1cccc(C(F)(F)F)c1)c1ccc2oc(=O)[nH]c2c1. The van der Waals surface area contributed by atoms with Gasteiger partial charge in [0, 0.05) is 11.1 Å². The summed E-state index contributed by atoms with van der Waals surface area (Å²) >= 11 is 0. The number of aromatic amines is 1. The smallest absolute Gasteiger partial charge is 0.408 e. The fraction of sp³-hybridized carbons (Fsp3) is 0.0667. The zero-order chi connectivity index (χ0) is 15.9. The fourth-order valence-electron chi connectivity index (χ4n) is 2.10. The predicted octanol–water partition coefficient (Wildman–Crippen LogP) is 3.37. The monoisotopic (exact) mass is 307 g/mol. The molecule has 1 N–H and O–H groups in total. The second kappa shape index (κ2) is 4.87. The molecule has 0 bridgehead atoms. The Balaban J connectivity index is 2.03. The Kier molecular flexibility index (Phi) is 3.13. The Bertz CT molecular complexity index is 921. The molecule has 4 nitrogen and oxygen atoms in total. The lowest BCUT2D eigenvalue weighted by Gasteiger charge is -2.08. The van der Waals surface area contributed by atoms with E-state index in [9.17, 15) is 22.8 Å². The molecule has 7 heteroatoms. The quantitative estimate of drug-likeness (QED) is 0.738. The maximum atomic E-state index is 12.7. The predicted molar refractivity (Wildman–Crippen MR) is 71.7 cm³/mol. The number of nitrogens with one attached hydrogen (secondary N) is 1. The van der Waals surface area contributed by atoms with Gasteiger partial charge in [-0.1, -0.05) is 12.1 Å². The number of hydrogen-bond acceptors (Lipinski definition) is 3. The summed E-state index contributed by atoms with van der Waals surface area (Å²) in [5, 5.41) is 0. The minimum Gasteiger partial charge on any atom is -0.408 e. The van der Waals surface area contributed by atoms with Crippen LogP contribution in [0.25, 0.3) is 11.1 Å². The van der Waals surface area contributed by atoms with E-state index < -0.39 is 23.3 Å². The van der Waals surface area contributed by atoms with Crippen molar-refractivity contribution in [3.63, 3.8) is 0 Å². The highest BCUT2D eigenvalue weighted by molar-refractivity contribution is 6.10. The molecule has 0 saturated heterocycles. The van der Waals surface area contributed by atoms with E-state index in [4.69, 9.17) is 4.42 Å². The fourth-order valence-corrected chi connectivity index (χ4v) is 2.10. The Morgan fingerprint density at radius 3 is 2.50 bits per heavy atom. The van der Waals surface area contributed by atoms with Crippen LogP contribution in [0.2, 0.25) is 0 Å². The maximum absolute atomic E-state index is 12.7. The lowest BCUT2D eigenvalue weighted by Crippen LogP contribution is -2.08. The van der Waals surface area contributed by atoms with Crippen LogP contribution in [0.3, 0.4) is 0 Å². The highest BCUT2D eigenvalue weighted by Crippen LogP contribution is 2.30. The summed E-state index contributed by atoms with van der Waals surface area (Å²) < 4.78 is 42.8. The van der Waals surface area contributed by atoms with Gasteiger partial charge in [-0.2, -0.15) is 13.2 Å². The van der Waals surface area contributed by atoms with Gasteiger partial charge >= 0.3 is 11.9 Å². The van der Waals surface area contributed by atoms with E-state index in [1.165, 1.54) is 30.3 Å². The molecule has 0 saturated carbocycles. The highest BCUT2D eigenvalue weighted by Gasteiger charge is 2.31. The van der Waals surface area contributed by atoms with Crippen LogP contribution in [-0.4, -0.2) is 10.8 Å². The van der Waals surface area contributed by atoms with Crippen LogP contribution in [0, 0.1) is 0 Å². The number of fused-ring (bicyclic) bond motifs is 1. The average molecular weight is 307 g/mol. The topological polar surface area (TPSA) is 63.1 Å². The Labute approximate surface area is 121 Å². The molecule has 22 heavy (non-hydrogen) atoms. The van der Waals surface area contributed by atoms with E-state index >= 15 is 0 Å². The first-order valence-corrected chi connectivity index (χ1v) is 6.19. The first-order valence-electron chi connectivity index (χ1n) is 6.19. The van der Waals surface area contributed by atoms with Gasteiger partial charge in [0.15, 0.2) is 11.4 Å². The van der Waals surface area contributed by atoms with E-state index in [-0.39, 0.29) is 16.7 Å². The molecule has 0 aliphatic heterocycles. The number of oxazole rings is 1. The van der Waals surface area contributed by atoms with Crippen LogP contribution < -0.4 is 5.76 Å². The van der Waals surface area contributed by atoms with Gasteiger partial charge in [-0.25, -0.2) is 4.79 Å². The van der Waals surface area contributed by atoms with Crippen molar-refractivity contribution in [2.24, 2.45) is 0 Å². The number of alkyl halides is 3. The highest BCUT2D eigenvalue weighted by atomic mass is 19.4. The number of carbonyl (C=O) groups excluding carboxylic acids is 1. The Morgan fingerprint density at radius 2 is 1.77 bits per heavy atom. The maximum Gasteiger partial charge on any atom is 0.417 e. The summed E-state index contributed by atoms with van der Waals surface area (Å²) in [5.41, 5.74) is -0.242. The molecule has 0 aliphatic rings. The number of H-pyrrole nitrogens is 1. The third kappa shape index (κ3) is 2.52. The number of rotatable bonds is 2. The van der Waals surface area contributed by atoms with Crippen LogP contribution in [0.1, 0.15) is 21.5 Å². The van der Waals surface area contributed by atoms with Crippen molar-refractivity contribution in [2.75, 3.05) is 0 Å². The minimum absolute atomic E-state index is 0.0833. The van der Waals surface area contributed by atoms with Crippen LogP contribution in [0.4, 0.5) is 13.2 Å². The molecule has 1 heterocycles. The molecular formula is C15H8F3NO3. The molecule has 0 spiro atoms. The van der Waals surface area contributed by atoms with E-state index in [0.717, 1.165) is 12.1 Å². The zero-order valence-electron chi connectivity index (χ0n) is 10.9. The summed E-state index contributed by atoms with van der Waals surface area (Å²) in [6.45, 7) is 0. The molecule has 3 rings (SSSR count). The lowest BCUT2D eigenvalue weighted by atomic mass is 10.0. The number of halogens is 3. The normalized spacial score (nSPS) is 11.8. The van der Waals surface area contributed by atoms with Gasteiger partial charge in [0.05, 0.1) is 11.1 Å². The molecule has 0 fully saturated rings. The van der Waals surface area contributed by atoms with Crippen LogP contribution in [-0.2, 0) is 6.18 Å². The van der Waals surface area contributed by atoms with E-state index in [2.05, 4.69) is 4.98 Å². The first-order chi connectivity index (χ1) is 10.3. The summed E-state index contributed by atoms with van der Waals surface area (Å²) in [5.74, 6) is -1.24. The standard InChI is InChI=1S/C15H8F3NO3/c16-15(17,18)10-3-1-2-8(6-10)13(20)9-4-5-12-11(7-9)19-14(21)22-12/h1-7H,(H,19,21). The Morgan fingerprint density at radius 1 is 1.05 bits per heavy atom. The van der Waals surface area contributed by atoms with Gasteiger partial charge in [-0.15, -0.1) is 0 Å². The van der Waals surface area contributed by atoms with Gasteiger partial charge in [0.2, 0.25) is 0 Å². The molecule has 1 aromatic heterocycles. The zero-order valence-corrected chi connectivity index (χ0v) is 10.9. The molecule has 3 aromatic rings. The van der Waals surface area contributed by atoms with Crippen LogP contribution in [0.15, 0.2) is 51.7 Å². The minimum atomic E-state index is -4.52. The van der Waals surface area contributed by atoms with Gasteiger partial charge in [-0.05, 0) is 30.3 Å². The number of benzene rings is 2. The number of ketones is 1. The van der Waals surface area contributed by atoms with Crippen molar-refractivity contribution in [1.82, 2.24) is 4.98 Å². The van der Waals surface area contributed by atoms with Crippen molar-refractivity contribution in [3.8, 4) is 0 Å². The molecule has 112 valence electrons. The van der Waals surface area contributed by atoms with E-state index in [0.29, 0.717) is 5.52 Å². The number of aromatic nitrogens is 1. The van der Waals surface area contributed by atoms with Gasteiger partial charge in [0.1, 0.15) is 0 Å². The van der Waals surface area contributed by atoms with Gasteiger partial charge in [0.25, 0.3) is 0 Å². The summed E-state index contributed by atoms with van der Waals surface area (Å²) in [7, 11) is 0. The van der Waals surface area contributed by atoms with Crippen molar-refractivity contribution in [1.29, 1.82) is 0 Å². The van der Waals surface area contributed by atoms with E-state index in [1.54, 1.807) is 0 Å². The average Bonchev–Trinajstić information content (AvgIpc) is 2.84. The van der Waals surface area contributed by atoms with Gasteiger partial charge in [-0.3, -0.25) is 9.78 Å². The molecule has 0 aliphatic carbocycles. The van der Waals surface area contributed by atoms with E-state index in [1.807, 2.05) is 0 Å². The van der Waals surface area contributed by atoms with Crippen molar-refractivity contribution >= 4 is 16.9 Å². The molecule has 0 atom stereocenters. The van der Waals surface area contributed by atoms with Crippen LogP contribution >= 0.6 is 0 Å². The molecule has 0 amide bonds. The number of hydrogen-bond donors (Lipinski definition) is 1. The number of carbonyl (C=O) groups is 1. The Hall–Kier alpha value is -2.83. The van der Waals surface area contributed by atoms with Crippen molar-refractivity contribution in [2.45, 2.75) is 6.18 Å². The van der Waals surface area contributed by atoms with Crippen molar-refractivity contribution < 1.29 is 22.4 Å². The molecular weight excluding hydrogens is 299 g/mol. The van der Waals surface area contributed by atoms with Crippen molar-refractivity contribution in [3.05, 3.63) is 69.7 Å².